The van der Waals surface area contributed by atoms with Crippen LogP contribution in [-0.2, 0) is 6.42 Å². The Morgan fingerprint density at radius 3 is 3.00 bits per heavy atom. The van der Waals surface area contributed by atoms with Gasteiger partial charge < -0.3 is 11.1 Å². The number of nitrogen functional groups attached to an aromatic ring is 1. The second kappa shape index (κ2) is 5.30. The number of nitrogens with zero attached hydrogens (tertiary/aromatic N) is 1. The third kappa shape index (κ3) is 3.49. The van der Waals surface area contributed by atoms with E-state index in [4.69, 9.17) is 5.73 Å². The molecular formula is C13H21N3. The van der Waals surface area contributed by atoms with E-state index < -0.39 is 0 Å². The molecule has 0 aromatic carbocycles. The van der Waals surface area contributed by atoms with Gasteiger partial charge in [0.15, 0.2) is 0 Å². The Kier molecular flexibility index (Phi) is 3.78. The number of nitrogens with two attached hydrogens (primary N) is 1. The first-order valence-electron chi connectivity index (χ1n) is 6.21. The lowest BCUT2D eigenvalue weighted by Gasteiger charge is -2.17. The van der Waals surface area contributed by atoms with Crippen molar-refractivity contribution < 1.29 is 0 Å². The molecule has 1 aromatic heterocycles. The molecule has 16 heavy (non-hydrogen) atoms. The van der Waals surface area contributed by atoms with Crippen molar-refractivity contribution >= 4 is 5.82 Å². The molecule has 3 nitrogen and oxygen atoms in total. The molecule has 1 aromatic rings. The van der Waals surface area contributed by atoms with Crippen LogP contribution in [0.15, 0.2) is 18.3 Å². The van der Waals surface area contributed by atoms with Gasteiger partial charge in [0.1, 0.15) is 5.82 Å². The Morgan fingerprint density at radius 1 is 1.56 bits per heavy atom. The van der Waals surface area contributed by atoms with Gasteiger partial charge in [0.25, 0.3) is 0 Å². The van der Waals surface area contributed by atoms with Crippen molar-refractivity contribution in [1.82, 2.24) is 10.3 Å². The van der Waals surface area contributed by atoms with E-state index in [0.717, 1.165) is 18.9 Å². The maximum absolute atomic E-state index is 5.69. The van der Waals surface area contributed by atoms with Crippen LogP contribution >= 0.6 is 0 Å². The average Bonchev–Trinajstić information content (AvgIpc) is 3.02. The predicted octanol–water partition coefficient (Wildman–Crippen LogP) is 1.98. The highest BCUT2D eigenvalue weighted by molar-refractivity contribution is 5.32. The maximum Gasteiger partial charge on any atom is 0.123 e. The number of aromatic nitrogens is 1. The monoisotopic (exact) mass is 219 g/mol. The standard InChI is InChI=1S/C13H21N3/c1-2-15-12(7-10-3-4-10)8-11-5-6-16-13(14)9-11/h5-6,9-10,12,15H,2-4,7-8H2,1H3,(H2,14,16). The summed E-state index contributed by atoms with van der Waals surface area (Å²) in [6.07, 6.45) is 7.00. The van der Waals surface area contributed by atoms with Crippen molar-refractivity contribution in [2.45, 2.75) is 38.6 Å². The molecule has 1 aliphatic rings. The van der Waals surface area contributed by atoms with Gasteiger partial charge in [-0.1, -0.05) is 19.8 Å². The summed E-state index contributed by atoms with van der Waals surface area (Å²) in [5, 5.41) is 3.56. The molecule has 1 unspecified atom stereocenters. The van der Waals surface area contributed by atoms with E-state index in [9.17, 15) is 0 Å². The van der Waals surface area contributed by atoms with Crippen LogP contribution in [0.1, 0.15) is 31.7 Å². The molecule has 0 bridgehead atoms. The Labute approximate surface area is 97.5 Å². The van der Waals surface area contributed by atoms with Crippen LogP contribution in [0.2, 0.25) is 0 Å². The first kappa shape index (κ1) is 11.4. The zero-order valence-electron chi connectivity index (χ0n) is 9.95. The molecule has 0 spiro atoms. The Balaban J connectivity index is 1.92. The lowest BCUT2D eigenvalue weighted by atomic mass is 10.0. The van der Waals surface area contributed by atoms with E-state index in [-0.39, 0.29) is 0 Å². The van der Waals surface area contributed by atoms with Gasteiger partial charge in [0, 0.05) is 12.2 Å². The van der Waals surface area contributed by atoms with Gasteiger partial charge in [-0.2, -0.15) is 0 Å². The van der Waals surface area contributed by atoms with Gasteiger partial charge >= 0.3 is 0 Å². The summed E-state index contributed by atoms with van der Waals surface area (Å²) < 4.78 is 0. The van der Waals surface area contributed by atoms with Crippen LogP contribution < -0.4 is 11.1 Å². The molecule has 0 radical (unpaired) electrons. The highest BCUT2D eigenvalue weighted by atomic mass is 14.9. The Morgan fingerprint density at radius 2 is 2.38 bits per heavy atom. The fourth-order valence-corrected chi connectivity index (χ4v) is 2.19. The molecule has 1 heterocycles. The quantitative estimate of drug-likeness (QED) is 0.769. The minimum atomic E-state index is 0.597. The highest BCUT2D eigenvalue weighted by Crippen LogP contribution is 2.34. The van der Waals surface area contributed by atoms with Gasteiger partial charge in [-0.25, -0.2) is 4.98 Å². The molecule has 0 amide bonds. The summed E-state index contributed by atoms with van der Waals surface area (Å²) in [6.45, 7) is 3.21. The zero-order chi connectivity index (χ0) is 11.4. The van der Waals surface area contributed by atoms with Crippen LogP contribution in [0.5, 0.6) is 0 Å². The molecular weight excluding hydrogens is 198 g/mol. The van der Waals surface area contributed by atoms with Crippen LogP contribution in [-0.4, -0.2) is 17.6 Å². The van der Waals surface area contributed by atoms with Crippen molar-refractivity contribution in [3.05, 3.63) is 23.9 Å². The van der Waals surface area contributed by atoms with Gasteiger partial charge in [0.05, 0.1) is 0 Å². The van der Waals surface area contributed by atoms with Gasteiger partial charge in [-0.05, 0) is 43.0 Å². The van der Waals surface area contributed by atoms with Crippen LogP contribution in [0.3, 0.4) is 0 Å². The fraction of sp³-hybridized carbons (Fsp3) is 0.615. The van der Waals surface area contributed by atoms with E-state index in [1.807, 2.05) is 6.07 Å². The maximum atomic E-state index is 5.69. The number of anilines is 1. The van der Waals surface area contributed by atoms with E-state index in [0.29, 0.717) is 11.9 Å². The summed E-state index contributed by atoms with van der Waals surface area (Å²) in [7, 11) is 0. The number of nitrogens with one attached hydrogen (secondary N) is 1. The SMILES string of the molecule is CCNC(Cc1ccnc(N)c1)CC1CC1. The molecule has 3 N–H and O–H groups in total. The second-order valence-corrected chi connectivity index (χ2v) is 4.73. The topological polar surface area (TPSA) is 50.9 Å². The van der Waals surface area contributed by atoms with Crippen molar-refractivity contribution in [3.8, 4) is 0 Å². The van der Waals surface area contributed by atoms with E-state index in [1.165, 1.54) is 24.8 Å². The van der Waals surface area contributed by atoms with Crippen molar-refractivity contribution in [1.29, 1.82) is 0 Å². The minimum absolute atomic E-state index is 0.597. The van der Waals surface area contributed by atoms with Crippen molar-refractivity contribution in [2.24, 2.45) is 5.92 Å². The third-order valence-corrected chi connectivity index (χ3v) is 3.14. The lowest BCUT2D eigenvalue weighted by molar-refractivity contribution is 0.466. The first-order chi connectivity index (χ1) is 7.78. The molecule has 1 aliphatic carbocycles. The smallest absolute Gasteiger partial charge is 0.123 e. The summed E-state index contributed by atoms with van der Waals surface area (Å²) >= 11 is 0. The normalized spacial score (nSPS) is 17.3. The molecule has 0 saturated heterocycles. The van der Waals surface area contributed by atoms with E-state index in [2.05, 4.69) is 23.3 Å². The average molecular weight is 219 g/mol. The molecule has 3 heteroatoms. The zero-order valence-corrected chi connectivity index (χ0v) is 9.95. The number of hydrogen-bond donors (Lipinski definition) is 2. The van der Waals surface area contributed by atoms with Gasteiger partial charge in [-0.3, -0.25) is 0 Å². The molecule has 1 saturated carbocycles. The fourth-order valence-electron chi connectivity index (χ4n) is 2.19. The number of likely N-dealkylation sites (N-methyl/N-ethyl adjacent to an activating group) is 1. The third-order valence-electron chi connectivity index (χ3n) is 3.14. The Hall–Kier alpha value is -1.09. The van der Waals surface area contributed by atoms with Crippen LogP contribution in [0, 0.1) is 5.92 Å². The molecule has 1 atom stereocenters. The van der Waals surface area contributed by atoms with Crippen LogP contribution in [0.25, 0.3) is 0 Å². The van der Waals surface area contributed by atoms with Gasteiger partial charge in [0.2, 0.25) is 0 Å². The molecule has 2 rings (SSSR count). The number of rotatable bonds is 6. The van der Waals surface area contributed by atoms with E-state index >= 15 is 0 Å². The van der Waals surface area contributed by atoms with Gasteiger partial charge in [-0.15, -0.1) is 0 Å². The first-order valence-corrected chi connectivity index (χ1v) is 6.21. The van der Waals surface area contributed by atoms with Crippen molar-refractivity contribution in [2.75, 3.05) is 12.3 Å². The summed E-state index contributed by atoms with van der Waals surface area (Å²) in [5.41, 5.74) is 6.98. The Bertz CT molecular complexity index is 334. The predicted molar refractivity (Wildman–Crippen MR) is 67.2 cm³/mol. The summed E-state index contributed by atoms with van der Waals surface area (Å²) in [4.78, 5) is 4.02. The van der Waals surface area contributed by atoms with Crippen LogP contribution in [0.4, 0.5) is 5.82 Å². The second-order valence-electron chi connectivity index (χ2n) is 4.73. The largest absolute Gasteiger partial charge is 0.384 e. The molecule has 1 fully saturated rings. The van der Waals surface area contributed by atoms with E-state index in [1.54, 1.807) is 6.20 Å². The summed E-state index contributed by atoms with van der Waals surface area (Å²) in [5.74, 6) is 1.59. The molecule has 0 aliphatic heterocycles. The number of hydrogen-bond acceptors (Lipinski definition) is 3. The minimum Gasteiger partial charge on any atom is -0.384 e. The highest BCUT2D eigenvalue weighted by Gasteiger charge is 2.25. The molecule has 88 valence electrons. The summed E-state index contributed by atoms with van der Waals surface area (Å²) in [6, 6.07) is 4.64. The lowest BCUT2D eigenvalue weighted by Crippen LogP contribution is -2.31. The number of pyridine rings is 1. The van der Waals surface area contributed by atoms with Crippen molar-refractivity contribution in [3.63, 3.8) is 0 Å².